The minimum atomic E-state index is -0.536. The van der Waals surface area contributed by atoms with E-state index in [1.165, 1.54) is 12.7 Å². The van der Waals surface area contributed by atoms with Crippen LogP contribution in [0, 0.1) is 11.3 Å². The van der Waals surface area contributed by atoms with Crippen LogP contribution in [-0.2, 0) is 19.8 Å². The van der Waals surface area contributed by atoms with Crippen LogP contribution in [0.1, 0.15) is 56.8 Å². The van der Waals surface area contributed by atoms with Crippen molar-refractivity contribution in [3.05, 3.63) is 35.4 Å². The fraction of sp³-hybridized carbons (Fsp3) is 0.611. The van der Waals surface area contributed by atoms with Gasteiger partial charge in [-0.3, -0.25) is 10.1 Å². The first-order chi connectivity index (χ1) is 10.5. The molecule has 0 amide bonds. The Kier molecular flexibility index (Phi) is 3.77. The summed E-state index contributed by atoms with van der Waals surface area (Å²) in [6, 6.07) is 8.11. The molecule has 0 bridgehead atoms. The highest BCUT2D eigenvalue weighted by Crippen LogP contribution is 2.59. The largest absolute Gasteiger partial charge is 0.469 e. The molecule has 1 aromatic rings. The maximum absolute atomic E-state index is 12.5. The first kappa shape index (κ1) is 15.5. The Labute approximate surface area is 131 Å². The number of rotatable bonds is 2. The Balaban J connectivity index is 2.14. The molecule has 1 aromatic carbocycles. The molecule has 2 aliphatic carbocycles. The molecule has 4 atom stereocenters. The molecule has 1 saturated carbocycles. The zero-order chi connectivity index (χ0) is 16.0. The van der Waals surface area contributed by atoms with Crippen LogP contribution in [0.25, 0.3) is 0 Å². The number of hydrogen-bond donors (Lipinski definition) is 1. The van der Waals surface area contributed by atoms with Crippen molar-refractivity contribution in [1.82, 2.24) is 0 Å². The smallest absolute Gasteiger partial charge is 0.311 e. The van der Waals surface area contributed by atoms with Gasteiger partial charge in [0, 0.05) is 0 Å². The van der Waals surface area contributed by atoms with Gasteiger partial charge < -0.3 is 4.74 Å². The van der Waals surface area contributed by atoms with E-state index in [0.29, 0.717) is 6.42 Å². The second kappa shape index (κ2) is 5.36. The third-order valence-electron chi connectivity index (χ3n) is 6.08. The summed E-state index contributed by atoms with van der Waals surface area (Å²) in [7, 11) is 1.45. The van der Waals surface area contributed by atoms with E-state index in [2.05, 4.69) is 13.0 Å². The fourth-order valence-corrected chi connectivity index (χ4v) is 4.93. The third-order valence-corrected chi connectivity index (χ3v) is 6.08. The summed E-state index contributed by atoms with van der Waals surface area (Å²) in [6.07, 6.45) is 3.11. The van der Waals surface area contributed by atoms with Gasteiger partial charge in [-0.05, 0) is 48.6 Å². The van der Waals surface area contributed by atoms with Crippen LogP contribution >= 0.6 is 0 Å². The monoisotopic (exact) mass is 304 g/mol. The Morgan fingerprint density at radius 2 is 2.00 bits per heavy atom. The van der Waals surface area contributed by atoms with E-state index in [0.717, 1.165) is 24.8 Å². The van der Waals surface area contributed by atoms with Crippen LogP contribution in [0.2, 0.25) is 0 Å². The number of benzene rings is 1. The van der Waals surface area contributed by atoms with Gasteiger partial charge in [-0.15, -0.1) is 0 Å². The molecular formula is C18H24O4. The van der Waals surface area contributed by atoms with Crippen molar-refractivity contribution in [2.45, 2.75) is 51.0 Å². The van der Waals surface area contributed by atoms with Gasteiger partial charge in [-0.1, -0.05) is 37.6 Å². The fourth-order valence-electron chi connectivity index (χ4n) is 4.93. The minimum Gasteiger partial charge on any atom is -0.469 e. The SMILES string of the molecule is COC(=O)[C@]1(C)CCC[C@]2(C)c3ccccc3[C@@H](OO)C[C@@H]12. The van der Waals surface area contributed by atoms with Gasteiger partial charge in [-0.25, -0.2) is 4.89 Å². The second-order valence-electron chi connectivity index (χ2n) is 7.15. The number of ether oxygens (including phenoxy) is 1. The number of carbonyl (C=O) groups is 1. The maximum Gasteiger partial charge on any atom is 0.311 e. The average Bonchev–Trinajstić information content (AvgIpc) is 2.54. The lowest BCUT2D eigenvalue weighted by Crippen LogP contribution is -2.53. The Hall–Kier alpha value is -1.39. The summed E-state index contributed by atoms with van der Waals surface area (Å²) in [4.78, 5) is 17.2. The van der Waals surface area contributed by atoms with Crippen LogP contribution in [-0.4, -0.2) is 18.3 Å². The first-order valence-corrected chi connectivity index (χ1v) is 7.95. The minimum absolute atomic E-state index is 0.0905. The van der Waals surface area contributed by atoms with Crippen molar-refractivity contribution >= 4 is 5.97 Å². The van der Waals surface area contributed by atoms with Crippen molar-refractivity contribution in [1.29, 1.82) is 0 Å². The van der Waals surface area contributed by atoms with E-state index >= 15 is 0 Å². The number of methoxy groups -OCH3 is 1. The summed E-state index contributed by atoms with van der Waals surface area (Å²) < 4.78 is 5.10. The highest BCUT2D eigenvalue weighted by Gasteiger charge is 2.57. The lowest BCUT2D eigenvalue weighted by atomic mass is 9.49. The van der Waals surface area contributed by atoms with Crippen molar-refractivity contribution in [3.63, 3.8) is 0 Å². The van der Waals surface area contributed by atoms with Gasteiger partial charge in [0.05, 0.1) is 12.5 Å². The van der Waals surface area contributed by atoms with Gasteiger partial charge in [0.1, 0.15) is 6.10 Å². The average molecular weight is 304 g/mol. The number of esters is 1. The molecule has 0 spiro atoms. The summed E-state index contributed by atoms with van der Waals surface area (Å²) >= 11 is 0. The van der Waals surface area contributed by atoms with Crippen LogP contribution in [0.3, 0.4) is 0 Å². The molecule has 1 N–H and O–H groups in total. The second-order valence-corrected chi connectivity index (χ2v) is 7.15. The van der Waals surface area contributed by atoms with E-state index in [1.807, 2.05) is 25.1 Å². The zero-order valence-electron chi connectivity index (χ0n) is 13.5. The van der Waals surface area contributed by atoms with E-state index in [4.69, 9.17) is 9.62 Å². The molecule has 3 rings (SSSR count). The zero-order valence-corrected chi connectivity index (χ0v) is 13.5. The molecule has 2 aliphatic rings. The van der Waals surface area contributed by atoms with Crippen LogP contribution in [0.15, 0.2) is 24.3 Å². The molecule has 0 heterocycles. The van der Waals surface area contributed by atoms with Crippen LogP contribution < -0.4 is 0 Å². The summed E-state index contributed by atoms with van der Waals surface area (Å²) in [5, 5.41) is 9.36. The molecule has 4 nitrogen and oxygen atoms in total. The van der Waals surface area contributed by atoms with Gasteiger partial charge in [0.15, 0.2) is 0 Å². The number of fused-ring (bicyclic) bond motifs is 3. The Morgan fingerprint density at radius 3 is 2.68 bits per heavy atom. The standard InChI is InChI=1S/C18H24O4/c1-17-9-6-10-18(2,16(19)21-3)15(17)11-14(22-20)12-7-4-5-8-13(12)17/h4-5,7-8,14-15,20H,6,9-11H2,1-3H3/t14-,15+,17+,18+/m0/s1. The lowest BCUT2D eigenvalue weighted by molar-refractivity contribution is -0.291. The third kappa shape index (κ3) is 2.01. The molecule has 22 heavy (non-hydrogen) atoms. The molecule has 120 valence electrons. The van der Waals surface area contributed by atoms with E-state index < -0.39 is 5.41 Å². The quantitative estimate of drug-likeness (QED) is 0.512. The molecule has 0 aromatic heterocycles. The predicted octanol–water partition coefficient (Wildman–Crippen LogP) is 3.86. The normalized spacial score (nSPS) is 37.1. The molecule has 0 saturated heterocycles. The van der Waals surface area contributed by atoms with E-state index in [-0.39, 0.29) is 23.4 Å². The maximum atomic E-state index is 12.5. The van der Waals surface area contributed by atoms with E-state index in [9.17, 15) is 10.1 Å². The van der Waals surface area contributed by atoms with E-state index in [1.54, 1.807) is 0 Å². The molecule has 4 heteroatoms. The topological polar surface area (TPSA) is 55.8 Å². The van der Waals surface area contributed by atoms with Crippen molar-refractivity contribution in [3.8, 4) is 0 Å². The van der Waals surface area contributed by atoms with Crippen molar-refractivity contribution < 1.29 is 19.7 Å². The summed E-state index contributed by atoms with van der Waals surface area (Å²) in [6.45, 7) is 4.24. The Bertz CT molecular complexity index is 584. The summed E-state index contributed by atoms with van der Waals surface area (Å²) in [5.74, 6) is -0.0623. The highest BCUT2D eigenvalue weighted by molar-refractivity contribution is 5.77. The predicted molar refractivity (Wildman–Crippen MR) is 82.3 cm³/mol. The van der Waals surface area contributed by atoms with Crippen LogP contribution in [0.4, 0.5) is 0 Å². The van der Waals surface area contributed by atoms with Crippen molar-refractivity contribution in [2.24, 2.45) is 11.3 Å². The Morgan fingerprint density at radius 1 is 1.27 bits per heavy atom. The molecule has 0 radical (unpaired) electrons. The number of carbonyl (C=O) groups excluding carboxylic acids is 1. The van der Waals surface area contributed by atoms with Crippen molar-refractivity contribution in [2.75, 3.05) is 7.11 Å². The number of hydrogen-bond acceptors (Lipinski definition) is 4. The first-order valence-electron chi connectivity index (χ1n) is 7.95. The van der Waals surface area contributed by atoms with Gasteiger partial charge in [0.25, 0.3) is 0 Å². The van der Waals surface area contributed by atoms with Gasteiger partial charge in [0.2, 0.25) is 0 Å². The molecule has 1 fully saturated rings. The molecule has 0 unspecified atom stereocenters. The molecular weight excluding hydrogens is 280 g/mol. The molecule has 0 aliphatic heterocycles. The van der Waals surface area contributed by atoms with Crippen LogP contribution in [0.5, 0.6) is 0 Å². The highest BCUT2D eigenvalue weighted by atomic mass is 17.1. The van der Waals surface area contributed by atoms with Gasteiger partial charge >= 0.3 is 5.97 Å². The van der Waals surface area contributed by atoms with Gasteiger partial charge in [-0.2, -0.15) is 0 Å². The summed E-state index contributed by atoms with van der Waals surface area (Å²) in [5.41, 5.74) is 1.61. The lowest BCUT2D eigenvalue weighted by Gasteiger charge is -2.54.